The summed E-state index contributed by atoms with van der Waals surface area (Å²) >= 11 is 1.64. The number of nitrogens with two attached hydrogens (primary N) is 1. The van der Waals surface area contributed by atoms with Crippen LogP contribution in [0.3, 0.4) is 0 Å². The van der Waals surface area contributed by atoms with Gasteiger partial charge in [0.05, 0.1) is 21.6 Å². The molecule has 2 aromatic heterocycles. The van der Waals surface area contributed by atoms with E-state index in [1.807, 2.05) is 25.1 Å². The SMILES string of the molecule is CCn1c(-c2sc(CN)nc2C)nc2ccccc21. The summed E-state index contributed by atoms with van der Waals surface area (Å²) in [7, 11) is 0. The molecule has 3 aromatic rings. The second-order valence-electron chi connectivity index (χ2n) is 4.39. The molecule has 0 saturated carbocycles. The molecule has 0 saturated heterocycles. The minimum absolute atomic E-state index is 0.484. The van der Waals surface area contributed by atoms with Crippen LogP contribution < -0.4 is 5.73 Å². The van der Waals surface area contributed by atoms with Gasteiger partial charge in [-0.2, -0.15) is 0 Å². The number of rotatable bonds is 3. The van der Waals surface area contributed by atoms with Gasteiger partial charge in [-0.3, -0.25) is 0 Å². The fraction of sp³-hybridized carbons (Fsp3) is 0.286. The molecule has 0 atom stereocenters. The second kappa shape index (κ2) is 4.75. The first-order valence-electron chi connectivity index (χ1n) is 6.36. The minimum Gasteiger partial charge on any atom is -0.325 e. The molecule has 19 heavy (non-hydrogen) atoms. The third-order valence-electron chi connectivity index (χ3n) is 3.19. The average Bonchev–Trinajstić information content (AvgIpc) is 2.98. The van der Waals surface area contributed by atoms with Crippen molar-refractivity contribution in [3.8, 4) is 10.7 Å². The van der Waals surface area contributed by atoms with E-state index in [1.165, 1.54) is 5.52 Å². The quantitative estimate of drug-likeness (QED) is 0.797. The van der Waals surface area contributed by atoms with Gasteiger partial charge in [0.15, 0.2) is 5.82 Å². The van der Waals surface area contributed by atoms with Gasteiger partial charge in [-0.15, -0.1) is 11.3 Å². The number of para-hydroxylation sites is 2. The van der Waals surface area contributed by atoms with Crippen molar-refractivity contribution in [3.63, 3.8) is 0 Å². The smallest absolute Gasteiger partial charge is 0.153 e. The number of aryl methyl sites for hydroxylation is 2. The van der Waals surface area contributed by atoms with Gasteiger partial charge >= 0.3 is 0 Å². The zero-order chi connectivity index (χ0) is 13.4. The van der Waals surface area contributed by atoms with Crippen molar-refractivity contribution in [2.24, 2.45) is 5.73 Å². The number of nitrogens with zero attached hydrogens (tertiary/aromatic N) is 3. The number of thiazole rings is 1. The van der Waals surface area contributed by atoms with E-state index >= 15 is 0 Å². The molecule has 98 valence electrons. The number of aromatic nitrogens is 3. The number of benzene rings is 1. The molecule has 0 bridgehead atoms. The van der Waals surface area contributed by atoms with Crippen molar-refractivity contribution in [1.82, 2.24) is 14.5 Å². The third kappa shape index (κ3) is 1.95. The summed E-state index contributed by atoms with van der Waals surface area (Å²) in [6, 6.07) is 8.22. The van der Waals surface area contributed by atoms with Crippen LogP contribution in [0.4, 0.5) is 0 Å². The van der Waals surface area contributed by atoms with Crippen LogP contribution in [-0.2, 0) is 13.1 Å². The van der Waals surface area contributed by atoms with Crippen LogP contribution in [0.1, 0.15) is 17.6 Å². The predicted octanol–water partition coefficient (Wildman–Crippen LogP) is 2.95. The molecule has 0 unspecified atom stereocenters. The molecule has 3 rings (SSSR count). The number of imidazole rings is 1. The Morgan fingerprint density at radius 3 is 2.74 bits per heavy atom. The highest BCUT2D eigenvalue weighted by atomic mass is 32.1. The molecule has 5 heteroatoms. The molecule has 4 nitrogen and oxygen atoms in total. The lowest BCUT2D eigenvalue weighted by Gasteiger charge is -2.04. The van der Waals surface area contributed by atoms with Gasteiger partial charge in [-0.05, 0) is 26.0 Å². The second-order valence-corrected chi connectivity index (χ2v) is 5.48. The molecule has 2 N–H and O–H groups in total. The summed E-state index contributed by atoms with van der Waals surface area (Å²) in [5.74, 6) is 0.999. The van der Waals surface area contributed by atoms with Crippen molar-refractivity contribution in [2.45, 2.75) is 26.9 Å². The molecule has 2 heterocycles. The highest BCUT2D eigenvalue weighted by Crippen LogP contribution is 2.31. The summed E-state index contributed by atoms with van der Waals surface area (Å²) in [6.45, 7) is 5.53. The Kier molecular flexibility index (Phi) is 3.08. The van der Waals surface area contributed by atoms with E-state index in [0.717, 1.165) is 33.5 Å². The van der Waals surface area contributed by atoms with Gasteiger partial charge < -0.3 is 10.3 Å². The van der Waals surface area contributed by atoms with E-state index in [4.69, 9.17) is 10.7 Å². The van der Waals surface area contributed by atoms with Gasteiger partial charge in [-0.25, -0.2) is 9.97 Å². The van der Waals surface area contributed by atoms with Crippen molar-refractivity contribution < 1.29 is 0 Å². The van der Waals surface area contributed by atoms with E-state index in [9.17, 15) is 0 Å². The zero-order valence-corrected chi connectivity index (χ0v) is 11.9. The lowest BCUT2D eigenvalue weighted by Crippen LogP contribution is -1.97. The Labute approximate surface area is 115 Å². The highest BCUT2D eigenvalue weighted by Gasteiger charge is 2.16. The van der Waals surface area contributed by atoms with Crippen LogP contribution in [0.15, 0.2) is 24.3 Å². The average molecular weight is 272 g/mol. The Morgan fingerprint density at radius 1 is 1.26 bits per heavy atom. The van der Waals surface area contributed by atoms with Crippen LogP contribution in [-0.4, -0.2) is 14.5 Å². The van der Waals surface area contributed by atoms with E-state index in [2.05, 4.69) is 22.5 Å². The molecule has 1 aromatic carbocycles. The fourth-order valence-electron chi connectivity index (χ4n) is 2.32. The van der Waals surface area contributed by atoms with Gasteiger partial charge in [-0.1, -0.05) is 12.1 Å². The van der Waals surface area contributed by atoms with E-state index in [1.54, 1.807) is 11.3 Å². The number of fused-ring (bicyclic) bond motifs is 1. The minimum atomic E-state index is 0.484. The summed E-state index contributed by atoms with van der Waals surface area (Å²) < 4.78 is 2.23. The van der Waals surface area contributed by atoms with Crippen molar-refractivity contribution >= 4 is 22.4 Å². The van der Waals surface area contributed by atoms with Gasteiger partial charge in [0.25, 0.3) is 0 Å². The van der Waals surface area contributed by atoms with Gasteiger partial charge in [0, 0.05) is 13.1 Å². The Bertz CT molecular complexity index is 726. The zero-order valence-electron chi connectivity index (χ0n) is 11.1. The first-order chi connectivity index (χ1) is 9.24. The first kappa shape index (κ1) is 12.3. The Balaban J connectivity index is 2.26. The maximum absolute atomic E-state index is 5.68. The lowest BCUT2D eigenvalue weighted by molar-refractivity contribution is 0.797. The molecule has 0 aliphatic heterocycles. The number of hydrogen-bond acceptors (Lipinski definition) is 4. The van der Waals surface area contributed by atoms with Gasteiger partial charge in [0.2, 0.25) is 0 Å². The topological polar surface area (TPSA) is 56.7 Å². The summed E-state index contributed by atoms with van der Waals surface area (Å²) in [4.78, 5) is 10.4. The summed E-state index contributed by atoms with van der Waals surface area (Å²) in [5.41, 5.74) is 8.88. The largest absolute Gasteiger partial charge is 0.325 e. The van der Waals surface area contributed by atoms with Gasteiger partial charge in [0.1, 0.15) is 5.01 Å². The molecule has 0 radical (unpaired) electrons. The van der Waals surface area contributed by atoms with Crippen LogP contribution >= 0.6 is 11.3 Å². The van der Waals surface area contributed by atoms with Crippen LogP contribution in [0.25, 0.3) is 21.7 Å². The lowest BCUT2D eigenvalue weighted by atomic mass is 10.3. The maximum atomic E-state index is 5.68. The summed E-state index contributed by atoms with van der Waals surface area (Å²) in [6.07, 6.45) is 0. The maximum Gasteiger partial charge on any atom is 0.153 e. The Hall–Kier alpha value is -1.72. The van der Waals surface area contributed by atoms with Crippen molar-refractivity contribution in [2.75, 3.05) is 0 Å². The molecule has 0 aliphatic rings. The first-order valence-corrected chi connectivity index (χ1v) is 7.18. The summed E-state index contributed by atoms with van der Waals surface area (Å²) in [5, 5.41) is 0.960. The van der Waals surface area contributed by atoms with Crippen molar-refractivity contribution in [3.05, 3.63) is 35.0 Å². The molecule has 0 aliphatic carbocycles. The molecular formula is C14H16N4S. The highest BCUT2D eigenvalue weighted by molar-refractivity contribution is 7.15. The molecule has 0 fully saturated rings. The molecule has 0 amide bonds. The normalized spacial score (nSPS) is 11.3. The van der Waals surface area contributed by atoms with Crippen LogP contribution in [0.5, 0.6) is 0 Å². The van der Waals surface area contributed by atoms with Crippen LogP contribution in [0, 0.1) is 6.92 Å². The fourth-order valence-corrected chi connectivity index (χ4v) is 3.26. The van der Waals surface area contributed by atoms with E-state index in [0.29, 0.717) is 6.54 Å². The van der Waals surface area contributed by atoms with Crippen LogP contribution in [0.2, 0.25) is 0 Å². The third-order valence-corrected chi connectivity index (χ3v) is 4.37. The number of hydrogen-bond donors (Lipinski definition) is 1. The van der Waals surface area contributed by atoms with E-state index < -0.39 is 0 Å². The Morgan fingerprint density at radius 2 is 2.05 bits per heavy atom. The standard InChI is InChI=1S/C14H16N4S/c1-3-18-11-7-5-4-6-10(11)17-14(18)13-9(2)16-12(8-15)19-13/h4-7H,3,8,15H2,1-2H3. The monoisotopic (exact) mass is 272 g/mol. The predicted molar refractivity (Wildman–Crippen MR) is 79.1 cm³/mol. The molecule has 0 spiro atoms. The molecular weight excluding hydrogens is 256 g/mol. The van der Waals surface area contributed by atoms with E-state index in [-0.39, 0.29) is 0 Å². The van der Waals surface area contributed by atoms with Crippen molar-refractivity contribution in [1.29, 1.82) is 0 Å².